The average Bonchev–Trinajstić information content (AvgIpc) is 3.15. The molecule has 144 valence electrons. The number of hydrogen-bond acceptors (Lipinski definition) is 4. The van der Waals surface area contributed by atoms with Crippen LogP contribution in [-0.4, -0.2) is 34.0 Å². The summed E-state index contributed by atoms with van der Waals surface area (Å²) in [5.74, 6) is -0.992. The number of nitrogens with zero attached hydrogens (tertiary/aromatic N) is 1. The van der Waals surface area contributed by atoms with Crippen molar-refractivity contribution in [3.8, 4) is 0 Å². The van der Waals surface area contributed by atoms with Crippen molar-refractivity contribution in [3.05, 3.63) is 53.8 Å². The molecule has 1 saturated heterocycles. The van der Waals surface area contributed by atoms with Gasteiger partial charge in [-0.15, -0.1) is 0 Å². The summed E-state index contributed by atoms with van der Waals surface area (Å²) in [6.07, 6.45) is 2.37. The summed E-state index contributed by atoms with van der Waals surface area (Å²) >= 11 is 0. The first-order valence-electron chi connectivity index (χ1n) is 8.76. The number of sulfonamides is 1. The largest absolute Gasteiger partial charge is 0.372 e. The summed E-state index contributed by atoms with van der Waals surface area (Å²) in [7, 11) is -3.90. The van der Waals surface area contributed by atoms with E-state index < -0.39 is 28.3 Å². The molecule has 0 spiro atoms. The van der Waals surface area contributed by atoms with Crippen LogP contribution in [0.5, 0.6) is 0 Å². The number of carbonyl (C=O) groups excluding carboxylic acids is 1. The van der Waals surface area contributed by atoms with Crippen molar-refractivity contribution >= 4 is 27.3 Å². The molecular weight excluding hydrogens is 369 g/mol. The molecule has 1 aliphatic heterocycles. The SMILES string of the molecule is Cc1cc(F)ccc1S(=O)(=O)NCC(=O)Nc1ccc(N2CCCC2)cc1. The monoisotopic (exact) mass is 391 g/mol. The first kappa shape index (κ1) is 19.3. The fourth-order valence-electron chi connectivity index (χ4n) is 3.09. The highest BCUT2D eigenvalue weighted by Crippen LogP contribution is 2.22. The molecule has 2 N–H and O–H groups in total. The maximum Gasteiger partial charge on any atom is 0.241 e. The molecule has 0 atom stereocenters. The Hall–Kier alpha value is -2.45. The Morgan fingerprint density at radius 1 is 1.11 bits per heavy atom. The molecule has 2 aromatic carbocycles. The number of hydrogen-bond donors (Lipinski definition) is 2. The van der Waals surface area contributed by atoms with Crippen LogP contribution in [0.1, 0.15) is 18.4 Å². The van der Waals surface area contributed by atoms with Crippen molar-refractivity contribution < 1.29 is 17.6 Å². The van der Waals surface area contributed by atoms with Crippen LogP contribution >= 0.6 is 0 Å². The molecule has 0 radical (unpaired) electrons. The number of rotatable bonds is 6. The fourth-order valence-corrected chi connectivity index (χ4v) is 4.30. The number of nitrogens with one attached hydrogen (secondary N) is 2. The zero-order valence-corrected chi connectivity index (χ0v) is 15.9. The van der Waals surface area contributed by atoms with Crippen LogP contribution in [0, 0.1) is 12.7 Å². The molecule has 0 saturated carbocycles. The lowest BCUT2D eigenvalue weighted by Crippen LogP contribution is -2.33. The number of anilines is 2. The van der Waals surface area contributed by atoms with Gasteiger partial charge in [-0.05, 0) is 67.8 Å². The van der Waals surface area contributed by atoms with E-state index in [1.165, 1.54) is 25.8 Å². The third-order valence-corrected chi connectivity index (χ3v) is 6.03. The predicted octanol–water partition coefficient (Wildman–Crippen LogP) is 2.65. The zero-order chi connectivity index (χ0) is 19.4. The molecule has 0 bridgehead atoms. The summed E-state index contributed by atoms with van der Waals surface area (Å²) in [5.41, 5.74) is 1.98. The van der Waals surface area contributed by atoms with E-state index in [1.807, 2.05) is 12.1 Å². The van der Waals surface area contributed by atoms with Crippen molar-refractivity contribution in [1.82, 2.24) is 4.72 Å². The van der Waals surface area contributed by atoms with Crippen LogP contribution in [-0.2, 0) is 14.8 Å². The Morgan fingerprint density at radius 3 is 2.41 bits per heavy atom. The summed E-state index contributed by atoms with van der Waals surface area (Å²) in [4.78, 5) is 14.3. The van der Waals surface area contributed by atoms with Crippen molar-refractivity contribution in [3.63, 3.8) is 0 Å². The maximum atomic E-state index is 13.1. The second-order valence-electron chi connectivity index (χ2n) is 6.52. The Balaban J connectivity index is 1.57. The van der Waals surface area contributed by atoms with Crippen LogP contribution in [0.2, 0.25) is 0 Å². The van der Waals surface area contributed by atoms with E-state index in [2.05, 4.69) is 14.9 Å². The molecule has 2 aromatic rings. The lowest BCUT2D eigenvalue weighted by molar-refractivity contribution is -0.115. The van der Waals surface area contributed by atoms with Gasteiger partial charge in [-0.1, -0.05) is 0 Å². The molecule has 3 rings (SSSR count). The molecular formula is C19H22FN3O3S. The summed E-state index contributed by atoms with van der Waals surface area (Å²) in [5, 5.41) is 2.66. The predicted molar refractivity (Wildman–Crippen MR) is 103 cm³/mol. The molecule has 0 aromatic heterocycles. The smallest absolute Gasteiger partial charge is 0.241 e. The molecule has 0 aliphatic carbocycles. The fraction of sp³-hybridized carbons (Fsp3) is 0.316. The lowest BCUT2D eigenvalue weighted by atomic mass is 10.2. The zero-order valence-electron chi connectivity index (χ0n) is 15.0. The third-order valence-electron chi connectivity index (χ3n) is 4.47. The minimum atomic E-state index is -3.90. The highest BCUT2D eigenvalue weighted by atomic mass is 32.2. The highest BCUT2D eigenvalue weighted by Gasteiger charge is 2.18. The number of amides is 1. The molecule has 1 fully saturated rings. The van der Waals surface area contributed by atoms with Crippen LogP contribution in [0.15, 0.2) is 47.4 Å². The second kappa shape index (κ2) is 8.06. The molecule has 27 heavy (non-hydrogen) atoms. The first-order valence-corrected chi connectivity index (χ1v) is 10.2. The van der Waals surface area contributed by atoms with Gasteiger partial charge in [0.05, 0.1) is 11.4 Å². The van der Waals surface area contributed by atoms with Gasteiger partial charge < -0.3 is 10.2 Å². The molecule has 1 heterocycles. The summed E-state index contributed by atoms with van der Waals surface area (Å²) in [6.45, 7) is 3.17. The van der Waals surface area contributed by atoms with Gasteiger partial charge in [0, 0.05) is 24.5 Å². The lowest BCUT2D eigenvalue weighted by Gasteiger charge is -2.17. The van der Waals surface area contributed by atoms with Gasteiger partial charge in [0.2, 0.25) is 15.9 Å². The van der Waals surface area contributed by atoms with E-state index in [0.29, 0.717) is 5.69 Å². The Kier molecular flexibility index (Phi) is 5.76. The van der Waals surface area contributed by atoms with Gasteiger partial charge >= 0.3 is 0 Å². The molecule has 6 nitrogen and oxygen atoms in total. The topological polar surface area (TPSA) is 78.5 Å². The first-order chi connectivity index (χ1) is 12.8. The van der Waals surface area contributed by atoms with Gasteiger partial charge in [-0.3, -0.25) is 4.79 Å². The number of aryl methyl sites for hydroxylation is 1. The van der Waals surface area contributed by atoms with Crippen LogP contribution in [0.3, 0.4) is 0 Å². The minimum Gasteiger partial charge on any atom is -0.372 e. The van der Waals surface area contributed by atoms with Crippen molar-refractivity contribution in [2.45, 2.75) is 24.7 Å². The van der Waals surface area contributed by atoms with Crippen LogP contribution in [0.25, 0.3) is 0 Å². The Morgan fingerprint density at radius 2 is 1.78 bits per heavy atom. The standard InChI is InChI=1S/C19H22FN3O3S/c1-14-12-15(20)4-9-18(14)27(25,26)21-13-19(24)22-16-5-7-17(8-6-16)23-10-2-3-11-23/h4-9,12,21H,2-3,10-11,13H2,1H3,(H,22,24). The van der Waals surface area contributed by atoms with Crippen molar-refractivity contribution in [1.29, 1.82) is 0 Å². The quantitative estimate of drug-likeness (QED) is 0.794. The Labute approximate surface area is 158 Å². The van der Waals surface area contributed by atoms with E-state index >= 15 is 0 Å². The van der Waals surface area contributed by atoms with E-state index in [1.54, 1.807) is 12.1 Å². The molecule has 8 heteroatoms. The van der Waals surface area contributed by atoms with E-state index in [9.17, 15) is 17.6 Å². The van der Waals surface area contributed by atoms with Gasteiger partial charge in [0.15, 0.2) is 0 Å². The normalized spacial score (nSPS) is 14.4. The number of carbonyl (C=O) groups is 1. The van der Waals surface area contributed by atoms with Gasteiger partial charge in [-0.25, -0.2) is 17.5 Å². The molecule has 1 amide bonds. The average molecular weight is 391 g/mol. The Bertz CT molecular complexity index is 924. The van der Waals surface area contributed by atoms with Gasteiger partial charge in [0.25, 0.3) is 0 Å². The van der Waals surface area contributed by atoms with Crippen molar-refractivity contribution in [2.24, 2.45) is 0 Å². The number of halogens is 1. The van der Waals surface area contributed by atoms with E-state index in [4.69, 9.17) is 0 Å². The third kappa shape index (κ3) is 4.84. The van der Waals surface area contributed by atoms with Gasteiger partial charge in [-0.2, -0.15) is 0 Å². The molecule has 0 unspecified atom stereocenters. The summed E-state index contributed by atoms with van der Waals surface area (Å²) < 4.78 is 40.0. The van der Waals surface area contributed by atoms with Crippen LogP contribution < -0.4 is 14.9 Å². The maximum absolute atomic E-state index is 13.1. The second-order valence-corrected chi connectivity index (χ2v) is 8.26. The number of benzene rings is 2. The highest BCUT2D eigenvalue weighted by molar-refractivity contribution is 7.89. The van der Waals surface area contributed by atoms with Crippen molar-refractivity contribution in [2.75, 3.05) is 29.9 Å². The molecule has 1 aliphatic rings. The van der Waals surface area contributed by atoms with E-state index in [-0.39, 0.29) is 10.5 Å². The summed E-state index contributed by atoms with van der Waals surface area (Å²) in [6, 6.07) is 10.9. The minimum absolute atomic E-state index is 0.0494. The van der Waals surface area contributed by atoms with E-state index in [0.717, 1.165) is 30.9 Å². The van der Waals surface area contributed by atoms with Gasteiger partial charge in [0.1, 0.15) is 5.82 Å². The van der Waals surface area contributed by atoms with Crippen LogP contribution in [0.4, 0.5) is 15.8 Å².